The maximum Gasteiger partial charge on any atom is 0.128 e. The molecule has 5 heteroatoms. The minimum atomic E-state index is -0.166. The molecule has 104 valence electrons. The lowest BCUT2D eigenvalue weighted by molar-refractivity contribution is 0.415. The van der Waals surface area contributed by atoms with Crippen molar-refractivity contribution >= 4 is 22.6 Å². The molecule has 0 radical (unpaired) electrons. The van der Waals surface area contributed by atoms with E-state index in [1.165, 1.54) is 0 Å². The molecular weight excluding hydrogens is 276 g/mol. The van der Waals surface area contributed by atoms with Crippen LogP contribution in [0.1, 0.15) is 23.7 Å². The molecule has 4 nitrogen and oxygen atoms in total. The molecule has 20 heavy (non-hydrogen) atoms. The molecule has 1 aromatic carbocycles. The third-order valence-corrected chi connectivity index (χ3v) is 3.46. The zero-order chi connectivity index (χ0) is 14.1. The summed E-state index contributed by atoms with van der Waals surface area (Å²) in [6, 6.07) is 7.77. The molecule has 0 N–H and O–H groups in total. The van der Waals surface area contributed by atoms with Crippen molar-refractivity contribution in [2.75, 3.05) is 7.11 Å². The summed E-state index contributed by atoms with van der Waals surface area (Å²) in [4.78, 5) is 4.61. The number of imidazole rings is 1. The van der Waals surface area contributed by atoms with Crippen LogP contribution in [-0.4, -0.2) is 16.7 Å². The van der Waals surface area contributed by atoms with Crippen LogP contribution in [-0.2, 0) is 6.54 Å². The average Bonchev–Trinajstić information content (AvgIpc) is 3.07. The van der Waals surface area contributed by atoms with E-state index in [1.807, 2.05) is 31.2 Å². The van der Waals surface area contributed by atoms with Crippen molar-refractivity contribution in [2.45, 2.75) is 18.8 Å². The number of halogens is 1. The van der Waals surface area contributed by atoms with Gasteiger partial charge in [-0.3, -0.25) is 0 Å². The van der Waals surface area contributed by atoms with E-state index in [-0.39, 0.29) is 5.38 Å². The highest BCUT2D eigenvalue weighted by Crippen LogP contribution is 2.28. The molecule has 1 unspecified atom stereocenters. The molecule has 0 aliphatic rings. The number of ether oxygens (including phenoxy) is 1. The quantitative estimate of drug-likeness (QED) is 0.682. The Morgan fingerprint density at radius 2 is 2.25 bits per heavy atom. The SMILES string of the molecule is COc1ccc2nc(C(C)Cl)n(Cc3ccoc3)c2c1. The number of benzene rings is 1. The fraction of sp³-hybridized carbons (Fsp3) is 0.267. The van der Waals surface area contributed by atoms with Gasteiger partial charge >= 0.3 is 0 Å². The van der Waals surface area contributed by atoms with Gasteiger partial charge in [0.05, 0.1) is 42.6 Å². The second-order valence-electron chi connectivity index (χ2n) is 4.66. The largest absolute Gasteiger partial charge is 0.497 e. The van der Waals surface area contributed by atoms with E-state index in [2.05, 4.69) is 9.55 Å². The molecule has 0 spiro atoms. The fourth-order valence-electron chi connectivity index (χ4n) is 2.28. The summed E-state index contributed by atoms with van der Waals surface area (Å²) in [5.74, 6) is 1.65. The molecule has 3 rings (SSSR count). The third kappa shape index (κ3) is 2.27. The molecule has 0 amide bonds. The minimum absolute atomic E-state index is 0.166. The number of hydrogen-bond donors (Lipinski definition) is 0. The molecule has 0 fully saturated rings. The van der Waals surface area contributed by atoms with Gasteiger partial charge in [-0.05, 0) is 25.1 Å². The molecule has 2 heterocycles. The second kappa shape index (κ2) is 5.21. The lowest BCUT2D eigenvalue weighted by Crippen LogP contribution is -2.05. The Labute approximate surface area is 121 Å². The number of hydrogen-bond acceptors (Lipinski definition) is 3. The lowest BCUT2D eigenvalue weighted by Gasteiger charge is -2.09. The number of aromatic nitrogens is 2. The van der Waals surface area contributed by atoms with Crippen LogP contribution in [0.4, 0.5) is 0 Å². The zero-order valence-electron chi connectivity index (χ0n) is 11.3. The smallest absolute Gasteiger partial charge is 0.128 e. The molecule has 3 aromatic rings. The summed E-state index contributed by atoms with van der Waals surface area (Å²) < 4.78 is 12.5. The predicted octanol–water partition coefficient (Wildman–Crippen LogP) is 3.99. The van der Waals surface area contributed by atoms with Gasteiger partial charge in [0.2, 0.25) is 0 Å². The summed E-state index contributed by atoms with van der Waals surface area (Å²) in [6.07, 6.45) is 3.40. The molecule has 0 aliphatic carbocycles. The Morgan fingerprint density at radius 3 is 2.90 bits per heavy atom. The highest BCUT2D eigenvalue weighted by Gasteiger charge is 2.16. The Morgan fingerprint density at radius 1 is 1.40 bits per heavy atom. The number of alkyl halides is 1. The van der Waals surface area contributed by atoms with Crippen LogP contribution in [0.15, 0.2) is 41.2 Å². The lowest BCUT2D eigenvalue weighted by atomic mass is 10.2. The van der Waals surface area contributed by atoms with Gasteiger partial charge in [-0.1, -0.05) is 0 Å². The van der Waals surface area contributed by atoms with Crippen LogP contribution < -0.4 is 4.74 Å². The molecule has 1 atom stereocenters. The predicted molar refractivity (Wildman–Crippen MR) is 78.4 cm³/mol. The minimum Gasteiger partial charge on any atom is -0.497 e. The number of methoxy groups -OCH3 is 1. The van der Waals surface area contributed by atoms with E-state index in [0.717, 1.165) is 28.2 Å². The second-order valence-corrected chi connectivity index (χ2v) is 5.31. The van der Waals surface area contributed by atoms with Crippen LogP contribution in [0, 0.1) is 0 Å². The molecule has 2 aromatic heterocycles. The first kappa shape index (κ1) is 13.1. The summed E-state index contributed by atoms with van der Waals surface area (Å²) in [7, 11) is 1.66. The molecule has 0 saturated heterocycles. The van der Waals surface area contributed by atoms with Crippen molar-refractivity contribution in [2.24, 2.45) is 0 Å². The summed E-state index contributed by atoms with van der Waals surface area (Å²) >= 11 is 6.26. The van der Waals surface area contributed by atoms with Crippen LogP contribution in [0.25, 0.3) is 11.0 Å². The molecule has 0 bridgehead atoms. The van der Waals surface area contributed by atoms with Crippen LogP contribution in [0.2, 0.25) is 0 Å². The van der Waals surface area contributed by atoms with Crippen molar-refractivity contribution in [1.29, 1.82) is 0 Å². The highest BCUT2D eigenvalue weighted by atomic mass is 35.5. The van der Waals surface area contributed by atoms with Crippen molar-refractivity contribution in [3.8, 4) is 5.75 Å². The maximum atomic E-state index is 6.26. The van der Waals surface area contributed by atoms with Gasteiger partial charge in [-0.25, -0.2) is 4.98 Å². The molecule has 0 aliphatic heterocycles. The Balaban J connectivity index is 2.16. The van der Waals surface area contributed by atoms with Crippen LogP contribution in [0.5, 0.6) is 5.75 Å². The van der Waals surface area contributed by atoms with E-state index in [4.69, 9.17) is 20.8 Å². The zero-order valence-corrected chi connectivity index (χ0v) is 12.1. The van der Waals surface area contributed by atoms with E-state index < -0.39 is 0 Å². The Hall–Kier alpha value is -1.94. The first-order valence-corrected chi connectivity index (χ1v) is 6.82. The average molecular weight is 291 g/mol. The molecule has 0 saturated carbocycles. The van der Waals surface area contributed by atoms with Gasteiger partial charge in [0.25, 0.3) is 0 Å². The summed E-state index contributed by atoms with van der Waals surface area (Å²) in [5, 5.41) is -0.166. The van der Waals surface area contributed by atoms with Crippen LogP contribution in [0.3, 0.4) is 0 Å². The van der Waals surface area contributed by atoms with Gasteiger partial charge in [0.1, 0.15) is 11.6 Å². The van der Waals surface area contributed by atoms with Crippen molar-refractivity contribution in [3.63, 3.8) is 0 Å². The standard InChI is InChI=1S/C15H15ClN2O2/c1-10(16)15-17-13-4-3-12(19-2)7-14(13)18(15)8-11-5-6-20-9-11/h3-7,9-10H,8H2,1-2H3. The first-order chi connectivity index (χ1) is 9.69. The van der Waals surface area contributed by atoms with E-state index in [9.17, 15) is 0 Å². The van der Waals surface area contributed by atoms with E-state index in [0.29, 0.717) is 6.54 Å². The molecular formula is C15H15ClN2O2. The Kier molecular flexibility index (Phi) is 3.40. The number of furan rings is 1. The highest BCUT2D eigenvalue weighted by molar-refractivity contribution is 6.20. The number of nitrogens with zero attached hydrogens (tertiary/aromatic N) is 2. The summed E-state index contributed by atoms with van der Waals surface area (Å²) in [6.45, 7) is 2.60. The Bertz CT molecular complexity index is 717. The topological polar surface area (TPSA) is 40.2 Å². The van der Waals surface area contributed by atoms with Crippen LogP contribution >= 0.6 is 11.6 Å². The van der Waals surface area contributed by atoms with Gasteiger partial charge in [0, 0.05) is 11.6 Å². The fourth-order valence-corrected chi connectivity index (χ4v) is 2.45. The van der Waals surface area contributed by atoms with Gasteiger partial charge in [0.15, 0.2) is 0 Å². The maximum absolute atomic E-state index is 6.26. The van der Waals surface area contributed by atoms with Gasteiger partial charge in [-0.15, -0.1) is 11.6 Å². The normalized spacial score (nSPS) is 12.8. The van der Waals surface area contributed by atoms with Crippen molar-refractivity contribution in [3.05, 3.63) is 48.2 Å². The number of fused-ring (bicyclic) bond motifs is 1. The van der Waals surface area contributed by atoms with E-state index >= 15 is 0 Å². The summed E-state index contributed by atoms with van der Waals surface area (Å²) in [5.41, 5.74) is 3.00. The monoisotopic (exact) mass is 290 g/mol. The van der Waals surface area contributed by atoms with Crippen molar-refractivity contribution in [1.82, 2.24) is 9.55 Å². The first-order valence-electron chi connectivity index (χ1n) is 6.38. The number of rotatable bonds is 4. The van der Waals surface area contributed by atoms with Gasteiger partial charge in [-0.2, -0.15) is 0 Å². The third-order valence-electron chi connectivity index (χ3n) is 3.26. The van der Waals surface area contributed by atoms with Crippen molar-refractivity contribution < 1.29 is 9.15 Å². The van der Waals surface area contributed by atoms with E-state index in [1.54, 1.807) is 19.6 Å². The van der Waals surface area contributed by atoms with Gasteiger partial charge < -0.3 is 13.7 Å².